The fraction of sp³-hybridized carbons (Fsp3) is 0.179. The number of halogens is 1. The standard InChI is InChI=1S/C28H28FN5O7S2.O3S/c1-16(30)5-6-17-9-19(12-21(29)11-17)10-18-7-8-23(24(13-18)32-28(31)35)33-34-25-15-22-20(14-27(25)43(39,40)41)3-2-4-26(22)42(36,37)38;1-4(2)3/h2-4,7-9,11-16H,5-6,10,30H2,1H3,(H3,31,32,35)(H,36,37,38)(H,39,40,41);. The number of aryl methyl sites for hydroxylation is 1. The number of nitrogens with zero attached hydrogens (tertiary/aromatic N) is 2. The lowest BCUT2D eigenvalue weighted by molar-refractivity contribution is 0.259. The summed E-state index contributed by atoms with van der Waals surface area (Å²) in [5, 5.41) is 10.3. The van der Waals surface area contributed by atoms with Gasteiger partial charge in [-0.3, -0.25) is 9.11 Å². The highest BCUT2D eigenvalue weighted by molar-refractivity contribution is 7.86. The molecule has 47 heavy (non-hydrogen) atoms. The Balaban J connectivity index is 0.00000142. The Morgan fingerprint density at radius 2 is 1.49 bits per heavy atom. The summed E-state index contributed by atoms with van der Waals surface area (Å²) in [4.78, 5) is 10.5. The molecule has 0 aliphatic carbocycles. The number of hydrogen-bond donors (Lipinski definition) is 5. The van der Waals surface area contributed by atoms with Gasteiger partial charge in [-0.15, -0.1) is 22.9 Å². The van der Waals surface area contributed by atoms with Crippen molar-refractivity contribution in [1.82, 2.24) is 0 Å². The van der Waals surface area contributed by atoms with Crippen molar-refractivity contribution in [3.63, 3.8) is 0 Å². The van der Waals surface area contributed by atoms with Crippen molar-refractivity contribution in [3.8, 4) is 0 Å². The molecule has 250 valence electrons. The summed E-state index contributed by atoms with van der Waals surface area (Å²) in [6, 6.07) is 14.2. The maximum atomic E-state index is 14.3. The molecule has 4 rings (SSSR count). The summed E-state index contributed by atoms with van der Waals surface area (Å²) in [5.41, 5.74) is 12.9. The van der Waals surface area contributed by atoms with E-state index in [9.17, 15) is 35.1 Å². The second-order valence-electron chi connectivity index (χ2n) is 10.2. The second-order valence-corrected chi connectivity index (χ2v) is 13.3. The third-order valence-corrected chi connectivity index (χ3v) is 8.17. The predicted molar refractivity (Wildman–Crippen MR) is 168 cm³/mol. The van der Waals surface area contributed by atoms with Crippen molar-refractivity contribution in [1.29, 1.82) is 0 Å². The summed E-state index contributed by atoms with van der Waals surface area (Å²) in [6.07, 6.45) is 1.56. The van der Waals surface area contributed by atoms with Gasteiger partial charge in [-0.1, -0.05) is 24.3 Å². The van der Waals surface area contributed by atoms with E-state index in [4.69, 9.17) is 24.1 Å². The van der Waals surface area contributed by atoms with Gasteiger partial charge in [0.2, 0.25) is 0 Å². The maximum absolute atomic E-state index is 14.3. The molecule has 15 nitrogen and oxygen atoms in total. The number of primary amides is 1. The molecule has 7 N–H and O–H groups in total. The number of anilines is 1. The minimum Gasteiger partial charge on any atom is -0.351 e. The van der Waals surface area contributed by atoms with Crippen LogP contribution >= 0.6 is 0 Å². The molecule has 0 heterocycles. The normalized spacial score (nSPS) is 12.4. The monoisotopic (exact) mass is 709 g/mol. The first kappa shape index (κ1) is 36.8. The van der Waals surface area contributed by atoms with E-state index in [0.717, 1.165) is 23.8 Å². The van der Waals surface area contributed by atoms with Crippen LogP contribution in [0.2, 0.25) is 0 Å². The molecule has 1 unspecified atom stereocenters. The average molecular weight is 710 g/mol. The summed E-state index contributed by atoms with van der Waals surface area (Å²) < 4.78 is 107. The fourth-order valence-electron chi connectivity index (χ4n) is 4.49. The van der Waals surface area contributed by atoms with Gasteiger partial charge in [-0.05, 0) is 90.7 Å². The van der Waals surface area contributed by atoms with E-state index >= 15 is 0 Å². The van der Waals surface area contributed by atoms with Crippen LogP contribution in [0, 0.1) is 5.82 Å². The van der Waals surface area contributed by atoms with Gasteiger partial charge in [-0.25, -0.2) is 9.18 Å². The summed E-state index contributed by atoms with van der Waals surface area (Å²) >= 11 is 0. The Hall–Kier alpha value is -4.66. The van der Waals surface area contributed by atoms with Gasteiger partial charge in [0.05, 0.1) is 5.69 Å². The SMILES string of the molecule is CC(N)CCc1cc(F)cc(Cc2ccc(N=Nc3cc4c(S(=O)(=O)O)cccc4cc3S(=O)(=O)O)c(NC(N)=O)c2)c1.O=S(=O)=O. The zero-order chi connectivity index (χ0) is 35.1. The number of rotatable bonds is 10. The lowest BCUT2D eigenvalue weighted by Gasteiger charge is -2.11. The summed E-state index contributed by atoms with van der Waals surface area (Å²) in [6.45, 7) is 1.87. The molecule has 19 heteroatoms. The minimum atomic E-state index is -4.86. The van der Waals surface area contributed by atoms with Crippen LogP contribution < -0.4 is 16.8 Å². The number of azo groups is 1. The number of urea groups is 1. The third-order valence-electron chi connectivity index (χ3n) is 6.37. The van der Waals surface area contributed by atoms with Crippen molar-refractivity contribution < 1.29 is 47.8 Å². The smallest absolute Gasteiger partial charge is 0.351 e. The molecule has 1 atom stereocenters. The number of fused-ring (bicyclic) bond motifs is 1. The molecule has 0 spiro atoms. The molecule has 0 saturated heterocycles. The Kier molecular flexibility index (Phi) is 12.0. The molecule has 0 bridgehead atoms. The van der Waals surface area contributed by atoms with E-state index in [0.29, 0.717) is 24.0 Å². The zero-order valence-corrected chi connectivity index (χ0v) is 26.8. The number of hydrogen-bond acceptors (Lipinski definition) is 11. The Labute approximate surface area is 270 Å². The van der Waals surface area contributed by atoms with E-state index in [-0.39, 0.29) is 34.6 Å². The van der Waals surface area contributed by atoms with Gasteiger partial charge >= 0.3 is 16.6 Å². The largest absolute Gasteiger partial charge is 0.425 e. The molecule has 0 aliphatic rings. The molecule has 0 fully saturated rings. The number of carbonyl (C=O) groups excluding carboxylic acids is 1. The highest BCUT2D eigenvalue weighted by Gasteiger charge is 2.21. The van der Waals surface area contributed by atoms with Crippen LogP contribution in [-0.4, -0.2) is 50.6 Å². The van der Waals surface area contributed by atoms with E-state index < -0.39 is 58.2 Å². The lowest BCUT2D eigenvalue weighted by Crippen LogP contribution is -2.19. The predicted octanol–water partition coefficient (Wildman–Crippen LogP) is 4.24. The molecule has 0 radical (unpaired) electrons. The highest BCUT2D eigenvalue weighted by atomic mass is 32.2. The van der Waals surface area contributed by atoms with E-state index in [1.807, 2.05) is 13.0 Å². The van der Waals surface area contributed by atoms with Crippen LogP contribution in [0.25, 0.3) is 10.8 Å². The van der Waals surface area contributed by atoms with Gasteiger partial charge in [0, 0.05) is 11.4 Å². The van der Waals surface area contributed by atoms with Crippen molar-refractivity contribution in [2.24, 2.45) is 21.7 Å². The van der Waals surface area contributed by atoms with Crippen LogP contribution in [0.1, 0.15) is 30.0 Å². The molecule has 4 aromatic rings. The Morgan fingerprint density at radius 1 is 0.872 bits per heavy atom. The van der Waals surface area contributed by atoms with Crippen LogP contribution in [0.15, 0.2) is 86.7 Å². The number of amides is 2. The molecule has 0 aromatic heterocycles. The fourth-order valence-corrected chi connectivity index (χ4v) is 5.83. The molecule has 0 aliphatic heterocycles. The summed E-state index contributed by atoms with van der Waals surface area (Å²) in [5.74, 6) is -0.403. The Morgan fingerprint density at radius 3 is 2.09 bits per heavy atom. The maximum Gasteiger partial charge on any atom is 0.425 e. The van der Waals surface area contributed by atoms with Crippen molar-refractivity contribution in [2.75, 3.05) is 5.32 Å². The zero-order valence-electron chi connectivity index (χ0n) is 24.4. The first-order chi connectivity index (χ1) is 21.8. The molecule has 0 saturated carbocycles. The van der Waals surface area contributed by atoms with Crippen molar-refractivity contribution in [2.45, 2.75) is 42.0 Å². The van der Waals surface area contributed by atoms with E-state index in [2.05, 4.69) is 15.5 Å². The number of nitrogens with one attached hydrogen (secondary N) is 1. The molecular formula is C28H28FN5O10S3. The second kappa shape index (κ2) is 15.3. The van der Waals surface area contributed by atoms with Crippen LogP contribution in [0.3, 0.4) is 0 Å². The topological polar surface area (TPSA) is 266 Å². The van der Waals surface area contributed by atoms with Gasteiger partial charge in [0.25, 0.3) is 20.2 Å². The molecular weight excluding hydrogens is 682 g/mol. The van der Waals surface area contributed by atoms with E-state index in [1.54, 1.807) is 6.07 Å². The summed E-state index contributed by atoms with van der Waals surface area (Å²) in [7, 11) is -12.7. The first-order valence-electron chi connectivity index (χ1n) is 13.3. The number of nitrogens with two attached hydrogens (primary N) is 2. The number of carbonyl (C=O) groups is 1. The van der Waals surface area contributed by atoms with Crippen LogP contribution in [-0.2, 0) is 43.7 Å². The third kappa shape index (κ3) is 11.0. The van der Waals surface area contributed by atoms with Crippen molar-refractivity contribution in [3.05, 3.63) is 89.2 Å². The molecule has 4 aromatic carbocycles. The van der Waals surface area contributed by atoms with Gasteiger partial charge in [0.1, 0.15) is 27.0 Å². The van der Waals surface area contributed by atoms with Gasteiger partial charge < -0.3 is 16.8 Å². The average Bonchev–Trinajstić information content (AvgIpc) is 2.93. The van der Waals surface area contributed by atoms with Crippen LogP contribution in [0.4, 0.5) is 26.2 Å². The Bertz CT molecular complexity index is 2190. The highest BCUT2D eigenvalue weighted by Crippen LogP contribution is 2.35. The quantitative estimate of drug-likeness (QED) is 0.115. The van der Waals surface area contributed by atoms with Crippen molar-refractivity contribution >= 4 is 64.7 Å². The minimum absolute atomic E-state index is 0.0314. The lowest BCUT2D eigenvalue weighted by atomic mass is 9.99. The van der Waals surface area contributed by atoms with E-state index in [1.165, 1.54) is 36.4 Å². The molecule has 2 amide bonds. The van der Waals surface area contributed by atoms with Gasteiger partial charge in [-0.2, -0.15) is 16.8 Å². The van der Waals surface area contributed by atoms with Crippen LogP contribution in [0.5, 0.6) is 0 Å². The number of benzene rings is 4. The van der Waals surface area contributed by atoms with Gasteiger partial charge in [0.15, 0.2) is 0 Å². The first-order valence-corrected chi connectivity index (χ1v) is 17.1.